The molecule has 35 heavy (non-hydrogen) atoms. The van der Waals surface area contributed by atoms with Crippen molar-refractivity contribution in [3.8, 4) is 11.1 Å². The highest BCUT2D eigenvalue weighted by molar-refractivity contribution is 5.88. The zero-order valence-corrected chi connectivity index (χ0v) is 20.0. The molecule has 184 valence electrons. The number of carboxylic acid groups (broad SMARTS) is 1. The maximum absolute atomic E-state index is 13.0. The number of hydrogen-bond donors (Lipinski definition) is 3. The van der Waals surface area contributed by atoms with Crippen LogP contribution < -0.4 is 10.6 Å². The lowest BCUT2D eigenvalue weighted by molar-refractivity contribution is -0.148. The third-order valence-electron chi connectivity index (χ3n) is 8.07. The third kappa shape index (κ3) is 4.51. The lowest BCUT2D eigenvalue weighted by atomic mass is 9.91. The van der Waals surface area contributed by atoms with Gasteiger partial charge < -0.3 is 20.5 Å². The monoisotopic (exact) mass is 476 g/mol. The van der Waals surface area contributed by atoms with Crippen LogP contribution in [0.5, 0.6) is 0 Å². The van der Waals surface area contributed by atoms with Gasteiger partial charge in [-0.2, -0.15) is 0 Å². The summed E-state index contributed by atoms with van der Waals surface area (Å²) < 4.78 is 5.62. The van der Waals surface area contributed by atoms with E-state index in [9.17, 15) is 19.5 Å². The van der Waals surface area contributed by atoms with E-state index >= 15 is 0 Å². The molecule has 7 heteroatoms. The predicted octanol–water partition coefficient (Wildman–Crippen LogP) is 4.31. The van der Waals surface area contributed by atoms with Gasteiger partial charge in [-0.3, -0.25) is 4.79 Å². The molecule has 3 N–H and O–H groups in total. The molecule has 7 nitrogen and oxygen atoms in total. The number of hydrogen-bond acceptors (Lipinski definition) is 4. The zero-order valence-electron chi connectivity index (χ0n) is 20.0. The van der Waals surface area contributed by atoms with Gasteiger partial charge in [-0.05, 0) is 66.7 Å². The molecule has 1 unspecified atom stereocenters. The average molecular weight is 477 g/mol. The molecule has 0 heterocycles. The first-order chi connectivity index (χ1) is 16.9. The Morgan fingerprint density at radius 1 is 0.971 bits per heavy atom. The van der Waals surface area contributed by atoms with E-state index in [-0.39, 0.29) is 36.2 Å². The van der Waals surface area contributed by atoms with E-state index in [1.54, 1.807) is 6.92 Å². The van der Waals surface area contributed by atoms with Crippen LogP contribution in [-0.2, 0) is 14.3 Å². The maximum atomic E-state index is 13.0. The second kappa shape index (κ2) is 9.36. The summed E-state index contributed by atoms with van der Waals surface area (Å²) in [6.45, 7) is 2.18. The molecule has 2 fully saturated rings. The van der Waals surface area contributed by atoms with E-state index in [4.69, 9.17) is 4.74 Å². The van der Waals surface area contributed by atoms with Crippen LogP contribution in [0.3, 0.4) is 0 Å². The number of nitrogens with one attached hydrogen (secondary N) is 2. The Bertz CT molecular complexity index is 1100. The topological polar surface area (TPSA) is 105 Å². The number of carbonyl (C=O) groups is 3. The van der Waals surface area contributed by atoms with E-state index in [2.05, 4.69) is 34.9 Å². The minimum Gasteiger partial charge on any atom is -0.480 e. The number of rotatable bonds is 8. The summed E-state index contributed by atoms with van der Waals surface area (Å²) in [5, 5.41) is 15.3. The third-order valence-corrected chi connectivity index (χ3v) is 8.07. The van der Waals surface area contributed by atoms with E-state index in [1.807, 2.05) is 24.3 Å². The van der Waals surface area contributed by atoms with E-state index in [0.717, 1.165) is 36.8 Å². The normalized spacial score (nSPS) is 22.5. The van der Waals surface area contributed by atoms with Gasteiger partial charge in [-0.25, -0.2) is 9.59 Å². The highest BCUT2D eigenvalue weighted by Crippen LogP contribution is 2.44. The smallest absolute Gasteiger partial charge is 0.407 e. The first-order valence-electron chi connectivity index (χ1n) is 12.5. The summed E-state index contributed by atoms with van der Waals surface area (Å²) in [5.41, 5.74) is 3.45. The van der Waals surface area contributed by atoms with Crippen LogP contribution in [0.4, 0.5) is 4.79 Å². The van der Waals surface area contributed by atoms with Crippen LogP contribution in [0.2, 0.25) is 0 Å². The number of fused-ring (bicyclic) bond motifs is 3. The molecular formula is C28H32N2O5. The molecule has 0 aliphatic heterocycles. The standard InChI is InChI=1S/C28H32N2O5/c1-28(26(32)33,18-13-14-18)30-25(31)19-12-6-7-17(19)15-29-27(34)35-16-24-22-10-4-2-8-20(22)21-9-3-5-11-23(21)24/h2-5,8-11,17-19,24H,6-7,12-16H2,1H3,(H,29,34)(H,30,31)(H,32,33)/t17-,19-,28?/m1/s1. The lowest BCUT2D eigenvalue weighted by Crippen LogP contribution is -2.56. The van der Waals surface area contributed by atoms with E-state index in [0.29, 0.717) is 13.0 Å². The van der Waals surface area contributed by atoms with Crippen LogP contribution in [0, 0.1) is 17.8 Å². The molecule has 0 spiro atoms. The zero-order chi connectivity index (χ0) is 24.6. The average Bonchev–Trinajstić information content (AvgIpc) is 3.53. The molecule has 3 aliphatic rings. The van der Waals surface area contributed by atoms with Crippen molar-refractivity contribution < 1.29 is 24.2 Å². The minimum atomic E-state index is -1.22. The summed E-state index contributed by atoms with van der Waals surface area (Å²) in [5.74, 6) is -1.57. The first-order valence-corrected chi connectivity index (χ1v) is 12.5. The van der Waals surface area contributed by atoms with Gasteiger partial charge in [0.2, 0.25) is 5.91 Å². The number of alkyl carbamates (subject to hydrolysis) is 1. The Morgan fingerprint density at radius 3 is 2.20 bits per heavy atom. The van der Waals surface area contributed by atoms with Crippen molar-refractivity contribution in [2.24, 2.45) is 17.8 Å². The van der Waals surface area contributed by atoms with Gasteiger partial charge in [0.05, 0.1) is 0 Å². The van der Waals surface area contributed by atoms with Crippen molar-refractivity contribution in [3.05, 3.63) is 59.7 Å². The second-order valence-electron chi connectivity index (χ2n) is 10.3. The maximum Gasteiger partial charge on any atom is 0.407 e. The fraction of sp³-hybridized carbons (Fsp3) is 0.464. The van der Waals surface area contributed by atoms with Gasteiger partial charge in [0.15, 0.2) is 0 Å². The summed E-state index contributed by atoms with van der Waals surface area (Å²) >= 11 is 0. The van der Waals surface area contributed by atoms with Gasteiger partial charge >= 0.3 is 12.1 Å². The van der Waals surface area contributed by atoms with Crippen LogP contribution in [-0.4, -0.2) is 41.8 Å². The van der Waals surface area contributed by atoms with Gasteiger partial charge in [0.25, 0.3) is 0 Å². The quantitative estimate of drug-likeness (QED) is 0.527. The molecule has 2 aromatic rings. The van der Waals surface area contributed by atoms with Crippen molar-refractivity contribution in [2.75, 3.05) is 13.2 Å². The Kier molecular flexibility index (Phi) is 6.26. The van der Waals surface area contributed by atoms with Gasteiger partial charge in [-0.1, -0.05) is 55.0 Å². The van der Waals surface area contributed by atoms with Crippen molar-refractivity contribution in [2.45, 2.75) is 50.5 Å². The van der Waals surface area contributed by atoms with Crippen molar-refractivity contribution in [1.82, 2.24) is 10.6 Å². The van der Waals surface area contributed by atoms with Crippen LogP contribution >= 0.6 is 0 Å². The van der Waals surface area contributed by atoms with Crippen molar-refractivity contribution in [1.29, 1.82) is 0 Å². The number of carboxylic acids is 1. The number of benzene rings is 2. The molecule has 3 atom stereocenters. The first kappa shape index (κ1) is 23.4. The minimum absolute atomic E-state index is 0.00530. The Hall–Kier alpha value is -3.35. The summed E-state index contributed by atoms with van der Waals surface area (Å²) in [6.07, 6.45) is 3.54. The molecule has 0 bridgehead atoms. The number of amides is 2. The predicted molar refractivity (Wildman–Crippen MR) is 131 cm³/mol. The number of aliphatic carboxylic acids is 1. The van der Waals surface area contributed by atoms with Gasteiger partial charge in [-0.15, -0.1) is 0 Å². The highest BCUT2D eigenvalue weighted by Gasteiger charge is 2.50. The Balaban J connectivity index is 1.16. The summed E-state index contributed by atoms with van der Waals surface area (Å²) in [6, 6.07) is 16.4. The summed E-state index contributed by atoms with van der Waals surface area (Å²) in [7, 11) is 0. The molecule has 2 saturated carbocycles. The molecule has 3 aliphatic carbocycles. The van der Waals surface area contributed by atoms with Crippen LogP contribution in [0.15, 0.2) is 48.5 Å². The fourth-order valence-electron chi connectivity index (χ4n) is 5.83. The SMILES string of the molecule is CC(NC(=O)[C@@H]1CCC[C@@H]1CNC(=O)OCC1c2ccccc2-c2ccccc21)(C(=O)O)C1CC1. The van der Waals surface area contributed by atoms with E-state index < -0.39 is 17.6 Å². The molecule has 0 saturated heterocycles. The van der Waals surface area contributed by atoms with Crippen LogP contribution in [0.25, 0.3) is 11.1 Å². The highest BCUT2D eigenvalue weighted by atomic mass is 16.5. The Morgan fingerprint density at radius 2 is 1.60 bits per heavy atom. The van der Waals surface area contributed by atoms with Crippen molar-refractivity contribution >= 4 is 18.0 Å². The van der Waals surface area contributed by atoms with Crippen molar-refractivity contribution in [3.63, 3.8) is 0 Å². The molecule has 5 rings (SSSR count). The van der Waals surface area contributed by atoms with Gasteiger partial charge in [0, 0.05) is 18.4 Å². The van der Waals surface area contributed by atoms with Gasteiger partial charge in [0.1, 0.15) is 12.1 Å². The molecule has 2 aromatic carbocycles. The molecule has 2 amide bonds. The molecule has 0 aromatic heterocycles. The molecule has 0 radical (unpaired) electrons. The summed E-state index contributed by atoms with van der Waals surface area (Å²) in [4.78, 5) is 37.3. The number of ether oxygens (including phenoxy) is 1. The Labute approximate surface area is 205 Å². The van der Waals surface area contributed by atoms with E-state index in [1.165, 1.54) is 11.1 Å². The second-order valence-corrected chi connectivity index (χ2v) is 10.3. The largest absolute Gasteiger partial charge is 0.480 e. The lowest BCUT2D eigenvalue weighted by Gasteiger charge is -2.29. The van der Waals surface area contributed by atoms with Crippen LogP contribution in [0.1, 0.15) is 56.1 Å². The fourth-order valence-corrected chi connectivity index (χ4v) is 5.83. The number of carbonyl (C=O) groups excluding carboxylic acids is 2. The molecular weight excluding hydrogens is 444 g/mol.